The molecule has 4 rings (SSSR count). The molecule has 1 saturated heterocycles. The van der Waals surface area contributed by atoms with Crippen LogP contribution in [0.15, 0.2) is 28.9 Å². The number of fused-ring (bicyclic) bond motifs is 1. The standard InChI is InChI=1S/C23H28N6O3/c1-13(2)29-21-19(12-25-29)17(10-20(27-21)28-7-5-16(30)6-8-28)22(31)24-11-18-14(3)9-15(4)26-23(18)32/h9-10,12-13,18H,5-8,11H2,1-4H3,(H,24,31). The number of hydrogen-bond acceptors (Lipinski definition) is 6. The number of carbonyl (C=O) groups is 3. The number of allylic oxidation sites excluding steroid dienone is 1. The van der Waals surface area contributed by atoms with Crippen LogP contribution in [0.2, 0.25) is 0 Å². The predicted molar refractivity (Wildman–Crippen MR) is 122 cm³/mol. The van der Waals surface area contributed by atoms with Crippen molar-refractivity contribution in [1.82, 2.24) is 20.1 Å². The molecule has 168 valence electrons. The minimum absolute atomic E-state index is 0.0721. The zero-order valence-electron chi connectivity index (χ0n) is 18.9. The molecule has 2 amide bonds. The fourth-order valence-corrected chi connectivity index (χ4v) is 4.16. The van der Waals surface area contributed by atoms with E-state index >= 15 is 0 Å². The minimum atomic E-state index is -0.467. The van der Waals surface area contributed by atoms with E-state index in [2.05, 4.69) is 15.4 Å². The predicted octanol–water partition coefficient (Wildman–Crippen LogP) is 2.47. The highest BCUT2D eigenvalue weighted by molar-refractivity contribution is 6.08. The number of carbonyl (C=O) groups excluding carboxylic acids is 3. The lowest BCUT2D eigenvalue weighted by Gasteiger charge is -2.27. The Labute approximate surface area is 186 Å². The van der Waals surface area contributed by atoms with Crippen molar-refractivity contribution in [1.29, 1.82) is 0 Å². The Balaban J connectivity index is 1.64. The largest absolute Gasteiger partial charge is 0.356 e. The third-order valence-electron chi connectivity index (χ3n) is 5.97. The molecule has 2 aliphatic heterocycles. The van der Waals surface area contributed by atoms with Crippen molar-refractivity contribution in [3.05, 3.63) is 29.5 Å². The van der Waals surface area contributed by atoms with E-state index in [1.54, 1.807) is 23.9 Å². The van der Waals surface area contributed by atoms with E-state index in [4.69, 9.17) is 4.98 Å². The summed E-state index contributed by atoms with van der Waals surface area (Å²) < 4.78 is 1.79. The monoisotopic (exact) mass is 436 g/mol. The van der Waals surface area contributed by atoms with Crippen LogP contribution in [-0.4, -0.2) is 57.7 Å². The van der Waals surface area contributed by atoms with E-state index in [1.807, 2.05) is 31.7 Å². The molecule has 1 fully saturated rings. The second-order valence-corrected chi connectivity index (χ2v) is 8.72. The Hall–Kier alpha value is -3.36. The van der Waals surface area contributed by atoms with Crippen LogP contribution >= 0.6 is 0 Å². The fraction of sp³-hybridized carbons (Fsp3) is 0.478. The molecule has 0 aromatic carbocycles. The van der Waals surface area contributed by atoms with Crippen LogP contribution in [0, 0.1) is 5.92 Å². The first-order valence-electron chi connectivity index (χ1n) is 10.9. The van der Waals surface area contributed by atoms with Gasteiger partial charge in [-0.2, -0.15) is 5.10 Å². The molecule has 0 bridgehead atoms. The highest BCUT2D eigenvalue weighted by Gasteiger charge is 2.26. The van der Waals surface area contributed by atoms with Crippen LogP contribution in [0.5, 0.6) is 0 Å². The van der Waals surface area contributed by atoms with E-state index < -0.39 is 5.92 Å². The topological polar surface area (TPSA) is 110 Å². The molecule has 1 atom stereocenters. The zero-order chi connectivity index (χ0) is 23.0. The van der Waals surface area contributed by atoms with Gasteiger partial charge in [-0.25, -0.2) is 14.7 Å². The van der Waals surface area contributed by atoms with Gasteiger partial charge in [0.05, 0.1) is 23.1 Å². The van der Waals surface area contributed by atoms with Crippen LogP contribution in [-0.2, 0) is 9.59 Å². The summed E-state index contributed by atoms with van der Waals surface area (Å²) >= 11 is 0. The van der Waals surface area contributed by atoms with Crippen LogP contribution in [0.3, 0.4) is 0 Å². The van der Waals surface area contributed by atoms with Gasteiger partial charge in [0.15, 0.2) is 5.65 Å². The Morgan fingerprint density at radius 2 is 1.94 bits per heavy atom. The van der Waals surface area contributed by atoms with Gasteiger partial charge in [0.1, 0.15) is 11.6 Å². The van der Waals surface area contributed by atoms with Gasteiger partial charge in [-0.3, -0.25) is 14.4 Å². The quantitative estimate of drug-likeness (QED) is 0.771. The molecule has 0 saturated carbocycles. The Bertz CT molecular complexity index is 1150. The number of nitrogens with one attached hydrogen (secondary N) is 1. The van der Waals surface area contributed by atoms with E-state index in [1.165, 1.54) is 0 Å². The van der Waals surface area contributed by atoms with Crippen LogP contribution in [0.1, 0.15) is 56.9 Å². The zero-order valence-corrected chi connectivity index (χ0v) is 18.9. The number of Topliss-reactive ketones (excluding diaryl/α,β-unsaturated/α-hetero) is 1. The summed E-state index contributed by atoms with van der Waals surface area (Å²) in [7, 11) is 0. The molecule has 2 aliphatic rings. The molecule has 9 nitrogen and oxygen atoms in total. The van der Waals surface area contributed by atoms with Crippen molar-refractivity contribution in [2.75, 3.05) is 24.5 Å². The summed E-state index contributed by atoms with van der Waals surface area (Å²) in [5, 5.41) is 8.00. The maximum absolute atomic E-state index is 13.2. The fourth-order valence-electron chi connectivity index (χ4n) is 4.16. The van der Waals surface area contributed by atoms with Crippen LogP contribution < -0.4 is 10.2 Å². The van der Waals surface area contributed by atoms with E-state index in [-0.39, 0.29) is 30.2 Å². The summed E-state index contributed by atoms with van der Waals surface area (Å²) in [6.45, 7) is 9.00. The lowest BCUT2D eigenvalue weighted by atomic mass is 9.95. The van der Waals surface area contributed by atoms with Crippen molar-refractivity contribution >= 4 is 40.2 Å². The number of nitrogens with zero attached hydrogens (tertiary/aromatic N) is 5. The minimum Gasteiger partial charge on any atom is -0.356 e. The number of hydrogen-bond donors (Lipinski definition) is 1. The molecule has 0 spiro atoms. The number of aliphatic imine (C=N–C) groups is 1. The molecule has 0 radical (unpaired) electrons. The molecule has 9 heteroatoms. The molecular formula is C23H28N6O3. The summed E-state index contributed by atoms with van der Waals surface area (Å²) in [6.07, 6.45) is 4.47. The highest BCUT2D eigenvalue weighted by Crippen LogP contribution is 2.26. The van der Waals surface area contributed by atoms with E-state index in [0.29, 0.717) is 54.1 Å². The highest BCUT2D eigenvalue weighted by atomic mass is 16.2. The van der Waals surface area contributed by atoms with Gasteiger partial charge in [0, 0.05) is 44.2 Å². The van der Waals surface area contributed by atoms with E-state index in [0.717, 1.165) is 5.57 Å². The van der Waals surface area contributed by atoms with Gasteiger partial charge < -0.3 is 10.2 Å². The normalized spacial score (nSPS) is 19.4. The number of ketones is 1. The van der Waals surface area contributed by atoms with Crippen molar-refractivity contribution in [2.24, 2.45) is 10.9 Å². The molecular weight excluding hydrogens is 408 g/mol. The smallest absolute Gasteiger partial charge is 0.254 e. The number of piperidine rings is 1. The van der Waals surface area contributed by atoms with Crippen molar-refractivity contribution in [2.45, 2.75) is 46.6 Å². The van der Waals surface area contributed by atoms with Gasteiger partial charge in [-0.15, -0.1) is 0 Å². The maximum atomic E-state index is 13.2. The molecule has 32 heavy (non-hydrogen) atoms. The number of aromatic nitrogens is 3. The lowest BCUT2D eigenvalue weighted by molar-refractivity contribution is -0.120. The Kier molecular flexibility index (Phi) is 5.90. The van der Waals surface area contributed by atoms with E-state index in [9.17, 15) is 14.4 Å². The third-order valence-corrected chi connectivity index (χ3v) is 5.97. The van der Waals surface area contributed by atoms with Crippen LogP contribution in [0.25, 0.3) is 11.0 Å². The van der Waals surface area contributed by atoms with Crippen molar-refractivity contribution in [3.63, 3.8) is 0 Å². The first-order valence-corrected chi connectivity index (χ1v) is 10.9. The molecule has 2 aromatic rings. The Morgan fingerprint density at radius 3 is 2.59 bits per heavy atom. The lowest BCUT2D eigenvalue weighted by Crippen LogP contribution is -2.36. The average molecular weight is 437 g/mol. The van der Waals surface area contributed by atoms with Gasteiger partial charge in [0.2, 0.25) is 0 Å². The summed E-state index contributed by atoms with van der Waals surface area (Å²) in [5.41, 5.74) is 2.65. The first-order chi connectivity index (χ1) is 15.2. The van der Waals surface area contributed by atoms with Gasteiger partial charge in [0.25, 0.3) is 11.8 Å². The third kappa shape index (κ3) is 4.19. The molecule has 0 aliphatic carbocycles. The van der Waals surface area contributed by atoms with Gasteiger partial charge in [-0.05, 0) is 39.8 Å². The average Bonchev–Trinajstić information content (AvgIpc) is 3.17. The molecule has 2 aromatic heterocycles. The number of amides is 2. The van der Waals surface area contributed by atoms with Crippen molar-refractivity contribution in [3.8, 4) is 0 Å². The Morgan fingerprint density at radius 1 is 1.22 bits per heavy atom. The SMILES string of the molecule is CC1=CC(C)=NC(=O)C1CNC(=O)c1cc(N2CCC(=O)CC2)nc2c1cnn2C(C)C. The molecule has 1 N–H and O–H groups in total. The second kappa shape index (κ2) is 8.64. The summed E-state index contributed by atoms with van der Waals surface area (Å²) in [5.74, 6) is -0.101. The molecule has 1 unspecified atom stereocenters. The summed E-state index contributed by atoms with van der Waals surface area (Å²) in [6, 6.07) is 1.83. The number of anilines is 1. The molecule has 4 heterocycles. The summed E-state index contributed by atoms with van der Waals surface area (Å²) in [4.78, 5) is 48.0. The van der Waals surface area contributed by atoms with Gasteiger partial charge >= 0.3 is 0 Å². The van der Waals surface area contributed by atoms with Crippen LogP contribution in [0.4, 0.5) is 5.82 Å². The number of pyridine rings is 1. The number of rotatable bonds is 5. The van der Waals surface area contributed by atoms with Crippen molar-refractivity contribution < 1.29 is 14.4 Å². The first kappa shape index (κ1) is 21.9. The second-order valence-electron chi connectivity index (χ2n) is 8.72. The number of dihydropyridines is 1. The van der Waals surface area contributed by atoms with Gasteiger partial charge in [-0.1, -0.05) is 5.57 Å². The maximum Gasteiger partial charge on any atom is 0.254 e.